The van der Waals surface area contributed by atoms with E-state index in [0.717, 1.165) is 19.7 Å². The predicted molar refractivity (Wildman–Crippen MR) is 50.1 cm³/mol. The lowest BCUT2D eigenvalue weighted by Crippen LogP contribution is -2.41. The standard InChI is InChI=1S/C7H15NO.FHO3S/c1-6(2)7-5-8-3-4-9-7;1-5(2,3)4/h6-8H,3-5H2,1-2H3;(H,2,3,4). The predicted octanol–water partition coefficient (Wildman–Crippen LogP) is 0.389. The van der Waals surface area contributed by atoms with E-state index in [1.165, 1.54) is 0 Å². The fourth-order valence-electron chi connectivity index (χ4n) is 1.01. The summed E-state index contributed by atoms with van der Waals surface area (Å²) in [6, 6.07) is 0. The van der Waals surface area contributed by atoms with Crippen LogP contribution in [0.5, 0.6) is 0 Å². The lowest BCUT2D eigenvalue weighted by molar-refractivity contribution is 0.000507. The van der Waals surface area contributed by atoms with Crippen LogP contribution in [0.3, 0.4) is 0 Å². The molecular formula is C7H16FNO4S. The van der Waals surface area contributed by atoms with Gasteiger partial charge in [0.15, 0.2) is 0 Å². The molecular weight excluding hydrogens is 213 g/mol. The van der Waals surface area contributed by atoms with E-state index in [4.69, 9.17) is 17.7 Å². The highest BCUT2D eigenvalue weighted by Gasteiger charge is 2.15. The largest absolute Gasteiger partial charge is 0.435 e. The Hall–Kier alpha value is -0.240. The van der Waals surface area contributed by atoms with Crippen LogP contribution in [0.1, 0.15) is 13.8 Å². The summed E-state index contributed by atoms with van der Waals surface area (Å²) < 4.78 is 39.6. The van der Waals surface area contributed by atoms with E-state index >= 15 is 0 Å². The van der Waals surface area contributed by atoms with Crippen LogP contribution in [-0.4, -0.2) is 38.8 Å². The Kier molecular flexibility index (Phi) is 6.17. The summed E-state index contributed by atoms with van der Waals surface area (Å²) in [6.07, 6.45) is 0.443. The second-order valence-electron chi connectivity index (χ2n) is 3.27. The summed E-state index contributed by atoms with van der Waals surface area (Å²) in [4.78, 5) is 0. The van der Waals surface area contributed by atoms with Crippen molar-refractivity contribution in [1.82, 2.24) is 5.32 Å². The molecule has 1 aliphatic heterocycles. The van der Waals surface area contributed by atoms with Gasteiger partial charge >= 0.3 is 10.5 Å². The van der Waals surface area contributed by atoms with E-state index in [1.54, 1.807) is 0 Å². The highest BCUT2D eigenvalue weighted by Crippen LogP contribution is 2.06. The third kappa shape index (κ3) is 9.85. The van der Waals surface area contributed by atoms with Crippen molar-refractivity contribution < 1.29 is 21.6 Å². The maximum Gasteiger partial charge on any atom is 0.435 e. The number of nitrogens with one attached hydrogen (secondary N) is 1. The average Bonchev–Trinajstić information content (AvgIpc) is 2.03. The normalized spacial score (nSPS) is 22.8. The first-order chi connectivity index (χ1) is 6.30. The summed E-state index contributed by atoms with van der Waals surface area (Å²) in [5.74, 6) is 0.651. The molecule has 1 rings (SSSR count). The monoisotopic (exact) mass is 229 g/mol. The molecule has 0 bridgehead atoms. The van der Waals surface area contributed by atoms with Crippen molar-refractivity contribution in [2.24, 2.45) is 5.92 Å². The van der Waals surface area contributed by atoms with Gasteiger partial charge in [-0.1, -0.05) is 17.7 Å². The molecule has 1 fully saturated rings. The Morgan fingerprint density at radius 3 is 2.29 bits per heavy atom. The minimum atomic E-state index is -5.17. The van der Waals surface area contributed by atoms with E-state index in [0.29, 0.717) is 12.0 Å². The quantitative estimate of drug-likeness (QED) is 0.502. The van der Waals surface area contributed by atoms with Gasteiger partial charge in [0.05, 0.1) is 12.7 Å². The molecule has 0 aromatic rings. The van der Waals surface area contributed by atoms with Gasteiger partial charge in [-0.3, -0.25) is 4.55 Å². The van der Waals surface area contributed by atoms with Crippen LogP contribution in [0.25, 0.3) is 0 Å². The van der Waals surface area contributed by atoms with E-state index in [2.05, 4.69) is 19.2 Å². The van der Waals surface area contributed by atoms with Gasteiger partial charge in [-0.25, -0.2) is 0 Å². The zero-order valence-electron chi connectivity index (χ0n) is 8.23. The summed E-state index contributed by atoms with van der Waals surface area (Å²) in [7, 11) is -5.17. The van der Waals surface area contributed by atoms with Gasteiger partial charge in [-0.2, -0.15) is 8.42 Å². The zero-order valence-corrected chi connectivity index (χ0v) is 9.05. The fraction of sp³-hybridized carbons (Fsp3) is 1.00. The number of hydrogen-bond acceptors (Lipinski definition) is 4. The average molecular weight is 229 g/mol. The number of morpholine rings is 1. The van der Waals surface area contributed by atoms with Crippen LogP contribution in [0.2, 0.25) is 0 Å². The van der Waals surface area contributed by atoms with Crippen molar-refractivity contribution in [3.05, 3.63) is 0 Å². The smallest absolute Gasteiger partial charge is 0.375 e. The highest BCUT2D eigenvalue weighted by molar-refractivity contribution is 7.80. The molecule has 14 heavy (non-hydrogen) atoms. The van der Waals surface area contributed by atoms with Gasteiger partial charge in [0.1, 0.15) is 0 Å². The summed E-state index contributed by atoms with van der Waals surface area (Å²) in [5, 5.41) is 3.29. The number of hydrogen-bond donors (Lipinski definition) is 2. The summed E-state index contributed by atoms with van der Waals surface area (Å²) in [6.45, 7) is 7.30. The second-order valence-corrected chi connectivity index (χ2v) is 4.09. The topological polar surface area (TPSA) is 75.6 Å². The Morgan fingerprint density at radius 2 is 2.07 bits per heavy atom. The van der Waals surface area contributed by atoms with Crippen LogP contribution < -0.4 is 5.32 Å². The van der Waals surface area contributed by atoms with Crippen molar-refractivity contribution in [3.8, 4) is 0 Å². The molecule has 0 amide bonds. The van der Waals surface area contributed by atoms with Crippen LogP contribution in [0, 0.1) is 5.92 Å². The zero-order chi connectivity index (χ0) is 11.2. The van der Waals surface area contributed by atoms with Crippen LogP contribution >= 0.6 is 0 Å². The summed E-state index contributed by atoms with van der Waals surface area (Å²) in [5.41, 5.74) is 0. The van der Waals surface area contributed by atoms with Crippen molar-refractivity contribution >= 4 is 10.5 Å². The maximum absolute atomic E-state index is 10.2. The Bertz CT molecular complexity index is 228. The first-order valence-electron chi connectivity index (χ1n) is 4.30. The first kappa shape index (κ1) is 13.8. The molecule has 0 aromatic carbocycles. The Morgan fingerprint density at radius 1 is 1.57 bits per heavy atom. The lowest BCUT2D eigenvalue weighted by Gasteiger charge is -2.26. The van der Waals surface area contributed by atoms with E-state index in [9.17, 15) is 3.89 Å². The number of ether oxygens (including phenoxy) is 1. The Labute approximate surface area is 83.7 Å². The fourth-order valence-corrected chi connectivity index (χ4v) is 1.01. The molecule has 0 spiro atoms. The van der Waals surface area contributed by atoms with Crippen LogP contribution in [0.15, 0.2) is 0 Å². The van der Waals surface area contributed by atoms with Gasteiger partial charge in [-0.05, 0) is 5.92 Å². The van der Waals surface area contributed by atoms with Crippen LogP contribution in [-0.2, 0) is 15.2 Å². The molecule has 1 heterocycles. The van der Waals surface area contributed by atoms with Crippen molar-refractivity contribution in [3.63, 3.8) is 0 Å². The molecule has 0 saturated carbocycles. The van der Waals surface area contributed by atoms with Crippen molar-refractivity contribution in [1.29, 1.82) is 0 Å². The van der Waals surface area contributed by atoms with E-state index in [1.807, 2.05) is 0 Å². The Balaban J connectivity index is 0.000000292. The minimum absolute atomic E-state index is 0.443. The number of halogens is 1. The number of rotatable bonds is 1. The highest BCUT2D eigenvalue weighted by atomic mass is 32.3. The molecule has 1 atom stereocenters. The second kappa shape index (κ2) is 6.28. The maximum atomic E-state index is 10.2. The van der Waals surface area contributed by atoms with E-state index < -0.39 is 10.5 Å². The molecule has 1 aliphatic rings. The van der Waals surface area contributed by atoms with Gasteiger partial charge in [0.2, 0.25) is 0 Å². The van der Waals surface area contributed by atoms with Crippen LogP contribution in [0.4, 0.5) is 3.89 Å². The third-order valence-corrected chi connectivity index (χ3v) is 1.70. The van der Waals surface area contributed by atoms with Crippen molar-refractivity contribution in [2.75, 3.05) is 19.7 Å². The molecule has 5 nitrogen and oxygen atoms in total. The molecule has 0 aromatic heterocycles. The first-order valence-corrected chi connectivity index (χ1v) is 5.64. The van der Waals surface area contributed by atoms with Crippen molar-refractivity contribution in [2.45, 2.75) is 20.0 Å². The van der Waals surface area contributed by atoms with Gasteiger partial charge in [0.25, 0.3) is 0 Å². The molecule has 0 aliphatic carbocycles. The van der Waals surface area contributed by atoms with Gasteiger partial charge in [-0.15, -0.1) is 0 Å². The van der Waals surface area contributed by atoms with Gasteiger partial charge in [0, 0.05) is 13.1 Å². The molecule has 0 radical (unpaired) electrons. The lowest BCUT2D eigenvalue weighted by atomic mass is 10.1. The molecule has 7 heteroatoms. The molecule has 2 N–H and O–H groups in total. The SMILES string of the molecule is CC(C)C1CNCCO1.O=S(=O)(O)F. The van der Waals surface area contributed by atoms with Gasteiger partial charge < -0.3 is 10.1 Å². The molecule has 1 saturated heterocycles. The van der Waals surface area contributed by atoms with E-state index in [-0.39, 0.29) is 0 Å². The third-order valence-electron chi connectivity index (χ3n) is 1.70. The molecule has 1 unspecified atom stereocenters. The summed E-state index contributed by atoms with van der Waals surface area (Å²) >= 11 is 0. The molecule has 86 valence electrons. The minimum Gasteiger partial charge on any atom is -0.375 e.